The summed E-state index contributed by atoms with van der Waals surface area (Å²) < 4.78 is 34.6. The van der Waals surface area contributed by atoms with E-state index in [-0.39, 0.29) is 32.0 Å². The number of carbonyl (C=O) groups is 2. The van der Waals surface area contributed by atoms with Crippen LogP contribution in [0.15, 0.2) is 97.2 Å². The van der Waals surface area contributed by atoms with E-state index in [2.05, 4.69) is 111 Å². The van der Waals surface area contributed by atoms with E-state index in [0.717, 1.165) is 77.0 Å². The maximum Gasteiger partial charge on any atom is 0.472 e. The molecule has 0 spiro atoms. The lowest BCUT2D eigenvalue weighted by molar-refractivity contribution is -0.870. The number of hydrogen-bond donors (Lipinski definition) is 1. The van der Waals surface area contributed by atoms with Gasteiger partial charge in [0.05, 0.1) is 27.7 Å². The maximum atomic E-state index is 12.9. The Labute approximate surface area is 506 Å². The van der Waals surface area contributed by atoms with Gasteiger partial charge < -0.3 is 18.9 Å². The van der Waals surface area contributed by atoms with Gasteiger partial charge in [-0.15, -0.1) is 0 Å². The van der Waals surface area contributed by atoms with Crippen LogP contribution in [0.1, 0.15) is 296 Å². The average molecular weight is 1170 g/mol. The number of esters is 2. The Morgan fingerprint density at radius 1 is 0.390 bits per heavy atom. The number of phosphoric acid groups is 1. The van der Waals surface area contributed by atoms with E-state index in [1.54, 1.807) is 0 Å². The molecular formula is C72H129NO8P+. The highest BCUT2D eigenvalue weighted by Crippen LogP contribution is 2.43. The minimum Gasteiger partial charge on any atom is -0.462 e. The molecule has 9 nitrogen and oxygen atoms in total. The van der Waals surface area contributed by atoms with Crippen molar-refractivity contribution in [3.05, 3.63) is 97.2 Å². The van der Waals surface area contributed by atoms with Gasteiger partial charge in [0.25, 0.3) is 0 Å². The molecule has 0 amide bonds. The van der Waals surface area contributed by atoms with Crippen LogP contribution < -0.4 is 0 Å². The summed E-state index contributed by atoms with van der Waals surface area (Å²) in [5.74, 6) is -0.794. The zero-order valence-electron chi connectivity index (χ0n) is 54.0. The molecule has 0 saturated heterocycles. The first kappa shape index (κ1) is 78.9. The van der Waals surface area contributed by atoms with E-state index in [1.807, 2.05) is 21.1 Å². The van der Waals surface area contributed by atoms with Gasteiger partial charge in [0, 0.05) is 12.8 Å². The Hall–Kier alpha value is -3.07. The van der Waals surface area contributed by atoms with Gasteiger partial charge in [-0.2, -0.15) is 0 Å². The first-order valence-electron chi connectivity index (χ1n) is 34.0. The number of carbonyl (C=O) groups excluding carboxylic acids is 2. The van der Waals surface area contributed by atoms with Gasteiger partial charge in [-0.05, 0) is 96.3 Å². The van der Waals surface area contributed by atoms with Crippen molar-refractivity contribution in [2.45, 2.75) is 302 Å². The summed E-state index contributed by atoms with van der Waals surface area (Å²) in [5, 5.41) is 0. The molecule has 0 heterocycles. The van der Waals surface area contributed by atoms with Crippen molar-refractivity contribution in [3.8, 4) is 0 Å². The molecule has 2 unspecified atom stereocenters. The number of ether oxygens (including phenoxy) is 2. The van der Waals surface area contributed by atoms with Gasteiger partial charge in [-0.25, -0.2) is 4.57 Å². The molecular weight excluding hydrogens is 1040 g/mol. The summed E-state index contributed by atoms with van der Waals surface area (Å²) in [6.45, 7) is 4.33. The van der Waals surface area contributed by atoms with Crippen molar-refractivity contribution in [3.63, 3.8) is 0 Å². The summed E-state index contributed by atoms with van der Waals surface area (Å²) in [6.07, 6.45) is 86.5. The molecule has 82 heavy (non-hydrogen) atoms. The quantitative estimate of drug-likeness (QED) is 0.0211. The predicted molar refractivity (Wildman–Crippen MR) is 353 cm³/mol. The monoisotopic (exact) mass is 1170 g/mol. The fourth-order valence-corrected chi connectivity index (χ4v) is 10.1. The van der Waals surface area contributed by atoms with Crippen molar-refractivity contribution in [2.24, 2.45) is 0 Å². The van der Waals surface area contributed by atoms with E-state index in [4.69, 9.17) is 18.5 Å². The first-order chi connectivity index (χ1) is 40.0. The lowest BCUT2D eigenvalue weighted by Gasteiger charge is -2.24. The Morgan fingerprint density at radius 2 is 0.695 bits per heavy atom. The van der Waals surface area contributed by atoms with Crippen LogP contribution in [0.25, 0.3) is 0 Å². The van der Waals surface area contributed by atoms with E-state index < -0.39 is 26.5 Å². The summed E-state index contributed by atoms with van der Waals surface area (Å²) in [5.41, 5.74) is 0. The van der Waals surface area contributed by atoms with Gasteiger partial charge in [-0.1, -0.05) is 284 Å². The van der Waals surface area contributed by atoms with Gasteiger partial charge in [0.15, 0.2) is 6.10 Å². The third-order valence-electron chi connectivity index (χ3n) is 14.6. The van der Waals surface area contributed by atoms with E-state index in [1.165, 1.54) is 186 Å². The standard InChI is InChI=1S/C72H128NO8P/c1-6-8-10-12-14-16-18-20-22-24-25-26-27-28-29-30-31-32-33-34-35-36-37-38-39-40-41-42-43-44-45-46-47-49-51-53-55-57-59-61-63-65-72(75)81-70(69-80-82(76,77)79-67-66-73(3,4)5)68-78-71(74)64-62-60-58-56-54-52-50-48-23-21-19-17-15-13-11-9-7-2/h8,10,14,16,20-23,25-26,28-29,31-32,34-35,70H,6-7,9,11-13,15,17-19,24,27,30,33,36-69H2,1-5H3/p+1/b10-8-,16-14-,22-20-,23-21-,26-25-,29-28-,32-31-,35-34-. The normalized spacial score (nSPS) is 13.8. The van der Waals surface area contributed by atoms with E-state index >= 15 is 0 Å². The van der Waals surface area contributed by atoms with Crippen LogP contribution in [0.4, 0.5) is 0 Å². The molecule has 0 aromatic heterocycles. The van der Waals surface area contributed by atoms with Crippen LogP contribution >= 0.6 is 7.82 Å². The molecule has 10 heteroatoms. The third kappa shape index (κ3) is 66.1. The van der Waals surface area contributed by atoms with Crippen LogP contribution in [0.2, 0.25) is 0 Å². The second kappa shape index (κ2) is 62.5. The SMILES string of the molecule is CC/C=C\C/C=C\C/C=C\C/C=C\C/C=C\C/C=C\C/C=C\CCCCCCCCCCCCCCCCCCCCCC(=O)OC(COC(=O)CCCCCCCCC/C=C\CCCCCCCC)COP(=O)(O)OCC[N+](C)(C)C. The molecule has 0 aromatic rings. The van der Waals surface area contributed by atoms with Crippen molar-refractivity contribution >= 4 is 19.8 Å². The van der Waals surface area contributed by atoms with Crippen LogP contribution in [-0.2, 0) is 32.7 Å². The number of rotatable bonds is 62. The minimum atomic E-state index is -4.39. The highest BCUT2D eigenvalue weighted by Gasteiger charge is 2.27. The Balaban J connectivity index is 3.96. The van der Waals surface area contributed by atoms with E-state index in [0.29, 0.717) is 17.4 Å². The Morgan fingerprint density at radius 3 is 1.05 bits per heavy atom. The fourth-order valence-electron chi connectivity index (χ4n) is 9.40. The van der Waals surface area contributed by atoms with Crippen LogP contribution in [0.3, 0.4) is 0 Å². The molecule has 0 rings (SSSR count). The van der Waals surface area contributed by atoms with Crippen LogP contribution in [0.5, 0.6) is 0 Å². The molecule has 0 aliphatic rings. The largest absolute Gasteiger partial charge is 0.472 e. The van der Waals surface area contributed by atoms with Crippen molar-refractivity contribution in [1.29, 1.82) is 0 Å². The predicted octanol–water partition coefficient (Wildman–Crippen LogP) is 21.9. The van der Waals surface area contributed by atoms with Crippen molar-refractivity contribution in [2.75, 3.05) is 47.5 Å². The Kier molecular flexibility index (Phi) is 60.1. The zero-order valence-corrected chi connectivity index (χ0v) is 54.8. The van der Waals surface area contributed by atoms with E-state index in [9.17, 15) is 19.0 Å². The maximum absolute atomic E-state index is 12.9. The first-order valence-corrected chi connectivity index (χ1v) is 35.5. The van der Waals surface area contributed by atoms with Crippen molar-refractivity contribution in [1.82, 2.24) is 0 Å². The van der Waals surface area contributed by atoms with Crippen LogP contribution in [0, 0.1) is 0 Å². The topological polar surface area (TPSA) is 108 Å². The molecule has 0 aromatic carbocycles. The molecule has 0 aliphatic carbocycles. The minimum absolute atomic E-state index is 0.0301. The molecule has 0 radical (unpaired) electrons. The molecule has 0 aliphatic heterocycles. The fraction of sp³-hybridized carbons (Fsp3) is 0.750. The summed E-state index contributed by atoms with van der Waals surface area (Å²) in [6, 6.07) is 0. The molecule has 474 valence electrons. The Bertz CT molecular complexity index is 1710. The highest BCUT2D eigenvalue weighted by atomic mass is 31.2. The number of phosphoric ester groups is 1. The lowest BCUT2D eigenvalue weighted by Crippen LogP contribution is -2.37. The second-order valence-corrected chi connectivity index (χ2v) is 25.3. The number of quaternary nitrogens is 1. The van der Waals surface area contributed by atoms with Gasteiger partial charge in [-0.3, -0.25) is 18.6 Å². The highest BCUT2D eigenvalue weighted by molar-refractivity contribution is 7.47. The molecule has 2 atom stereocenters. The van der Waals surface area contributed by atoms with Gasteiger partial charge in [0.1, 0.15) is 19.8 Å². The second-order valence-electron chi connectivity index (χ2n) is 23.8. The molecule has 0 bridgehead atoms. The summed E-state index contributed by atoms with van der Waals surface area (Å²) in [4.78, 5) is 35.8. The number of nitrogens with zero attached hydrogens (tertiary/aromatic N) is 1. The average Bonchev–Trinajstić information content (AvgIpc) is 3.45. The number of likely N-dealkylation sites (N-methyl/N-ethyl adjacent to an activating group) is 1. The van der Waals surface area contributed by atoms with Crippen LogP contribution in [-0.4, -0.2) is 74.9 Å². The molecule has 0 saturated carbocycles. The zero-order chi connectivity index (χ0) is 59.8. The summed E-state index contributed by atoms with van der Waals surface area (Å²) in [7, 11) is 1.48. The number of hydrogen-bond acceptors (Lipinski definition) is 7. The number of allylic oxidation sites excluding steroid dienone is 16. The smallest absolute Gasteiger partial charge is 0.462 e. The lowest BCUT2D eigenvalue weighted by atomic mass is 10.0. The third-order valence-corrected chi connectivity index (χ3v) is 15.6. The van der Waals surface area contributed by atoms with Gasteiger partial charge in [0.2, 0.25) is 0 Å². The summed E-state index contributed by atoms with van der Waals surface area (Å²) >= 11 is 0. The molecule has 0 fully saturated rings. The number of unbranched alkanes of at least 4 members (excludes halogenated alkanes) is 32. The van der Waals surface area contributed by atoms with Gasteiger partial charge >= 0.3 is 19.8 Å². The molecule has 1 N–H and O–H groups in total. The van der Waals surface area contributed by atoms with Crippen molar-refractivity contribution < 1.29 is 42.1 Å².